The number of anilines is 1. The molecule has 0 aliphatic carbocycles. The number of halogens is 3. The van der Waals surface area contributed by atoms with Crippen molar-refractivity contribution in [2.24, 2.45) is 0 Å². The molecule has 1 aliphatic heterocycles. The zero-order valence-corrected chi connectivity index (χ0v) is 20.5. The fourth-order valence-electron chi connectivity index (χ4n) is 3.87. The molecule has 1 fully saturated rings. The van der Waals surface area contributed by atoms with Gasteiger partial charge in [0.1, 0.15) is 23.4 Å². The van der Waals surface area contributed by atoms with E-state index >= 15 is 0 Å². The van der Waals surface area contributed by atoms with Crippen LogP contribution < -0.4 is 10.2 Å². The topological polar surface area (TPSA) is 41.3 Å². The fourth-order valence-corrected chi connectivity index (χ4v) is 4.81. The molecule has 2 aromatic carbocycles. The SMILES string of the molecule is Fc1cc(Br)ccc1-c1ccc([C@H]2[C@H](c3ccccn3)NC(=S)N2c2ccc(Br)cc2)o1. The van der Waals surface area contributed by atoms with Crippen LogP contribution >= 0.6 is 44.1 Å². The Kier molecular flexibility index (Phi) is 5.84. The molecule has 0 bridgehead atoms. The second kappa shape index (κ2) is 8.77. The van der Waals surface area contributed by atoms with Gasteiger partial charge in [0.2, 0.25) is 0 Å². The molecule has 1 N–H and O–H groups in total. The van der Waals surface area contributed by atoms with Crippen LogP contribution in [0.3, 0.4) is 0 Å². The van der Waals surface area contributed by atoms with Crippen LogP contribution in [0.25, 0.3) is 11.3 Å². The van der Waals surface area contributed by atoms with Crippen molar-refractivity contribution in [1.29, 1.82) is 0 Å². The summed E-state index contributed by atoms with van der Waals surface area (Å²) in [6.07, 6.45) is 1.75. The molecule has 4 aromatic rings. The van der Waals surface area contributed by atoms with Gasteiger partial charge in [-0.15, -0.1) is 0 Å². The molecular weight excluding hydrogens is 557 g/mol. The van der Waals surface area contributed by atoms with E-state index in [1.54, 1.807) is 24.4 Å². The molecule has 2 aromatic heterocycles. The molecular formula is C24H16Br2FN3OS. The van der Waals surface area contributed by atoms with Gasteiger partial charge in [-0.1, -0.05) is 37.9 Å². The van der Waals surface area contributed by atoms with Crippen LogP contribution in [0.15, 0.2) is 92.4 Å². The monoisotopic (exact) mass is 571 g/mol. The normalized spacial score (nSPS) is 18.1. The van der Waals surface area contributed by atoms with Gasteiger partial charge < -0.3 is 14.6 Å². The van der Waals surface area contributed by atoms with Crippen molar-refractivity contribution in [3.8, 4) is 11.3 Å². The van der Waals surface area contributed by atoms with Crippen LogP contribution in [-0.4, -0.2) is 10.1 Å². The minimum atomic E-state index is -0.355. The molecule has 2 atom stereocenters. The number of nitrogens with one attached hydrogen (secondary N) is 1. The molecule has 0 spiro atoms. The summed E-state index contributed by atoms with van der Waals surface area (Å²) < 4.78 is 22.4. The predicted molar refractivity (Wildman–Crippen MR) is 134 cm³/mol. The third-order valence-corrected chi connectivity index (χ3v) is 6.65. The molecule has 0 unspecified atom stereocenters. The van der Waals surface area contributed by atoms with E-state index < -0.39 is 0 Å². The van der Waals surface area contributed by atoms with Crippen LogP contribution in [0.4, 0.5) is 10.1 Å². The molecule has 0 radical (unpaired) electrons. The highest BCUT2D eigenvalue weighted by Gasteiger charge is 2.42. The highest BCUT2D eigenvalue weighted by molar-refractivity contribution is 9.10. The van der Waals surface area contributed by atoms with Gasteiger partial charge in [0, 0.05) is 20.8 Å². The lowest BCUT2D eigenvalue weighted by Gasteiger charge is -2.26. The maximum absolute atomic E-state index is 14.6. The highest BCUT2D eigenvalue weighted by atomic mass is 79.9. The van der Waals surface area contributed by atoms with Crippen molar-refractivity contribution in [3.05, 3.63) is 105 Å². The lowest BCUT2D eigenvalue weighted by molar-refractivity contribution is 0.438. The molecule has 5 rings (SSSR count). The lowest BCUT2D eigenvalue weighted by atomic mass is 10.0. The van der Waals surface area contributed by atoms with E-state index in [1.165, 1.54) is 6.07 Å². The molecule has 0 saturated carbocycles. The summed E-state index contributed by atoms with van der Waals surface area (Å²) in [5, 5.41) is 3.96. The first-order chi connectivity index (χ1) is 15.5. The van der Waals surface area contributed by atoms with Gasteiger partial charge in [-0.2, -0.15) is 0 Å². The summed E-state index contributed by atoms with van der Waals surface area (Å²) in [7, 11) is 0. The minimum absolute atomic E-state index is 0.235. The molecule has 0 amide bonds. The van der Waals surface area contributed by atoms with E-state index in [9.17, 15) is 4.39 Å². The second-order valence-corrected chi connectivity index (χ2v) is 9.52. The highest BCUT2D eigenvalue weighted by Crippen LogP contribution is 2.43. The molecule has 160 valence electrons. The summed E-state index contributed by atoms with van der Waals surface area (Å²) in [4.78, 5) is 6.55. The summed E-state index contributed by atoms with van der Waals surface area (Å²) in [5.41, 5.74) is 2.16. The summed E-state index contributed by atoms with van der Waals surface area (Å²) in [6, 6.07) is 21.7. The smallest absolute Gasteiger partial charge is 0.174 e. The lowest BCUT2D eigenvalue weighted by Crippen LogP contribution is -2.29. The van der Waals surface area contributed by atoms with E-state index in [4.69, 9.17) is 16.6 Å². The summed E-state index contributed by atoms with van der Waals surface area (Å²) >= 11 is 12.5. The Bertz CT molecular complexity index is 1280. The molecule has 3 heterocycles. The summed E-state index contributed by atoms with van der Waals surface area (Å²) in [6.45, 7) is 0. The maximum atomic E-state index is 14.6. The first-order valence-electron chi connectivity index (χ1n) is 9.82. The Hall–Kier alpha value is -2.55. The van der Waals surface area contributed by atoms with E-state index in [0.29, 0.717) is 26.7 Å². The van der Waals surface area contributed by atoms with Gasteiger partial charge in [0.05, 0.1) is 17.3 Å². The molecule has 1 saturated heterocycles. The first-order valence-corrected chi connectivity index (χ1v) is 11.8. The van der Waals surface area contributed by atoms with Crippen molar-refractivity contribution >= 4 is 54.9 Å². The van der Waals surface area contributed by atoms with Crippen molar-refractivity contribution in [2.75, 3.05) is 4.90 Å². The number of benzene rings is 2. The van der Waals surface area contributed by atoms with Gasteiger partial charge in [-0.25, -0.2) is 4.39 Å². The van der Waals surface area contributed by atoms with Gasteiger partial charge in [-0.05, 0) is 78.9 Å². The van der Waals surface area contributed by atoms with Gasteiger partial charge >= 0.3 is 0 Å². The average Bonchev–Trinajstić information content (AvgIpc) is 3.39. The molecule has 4 nitrogen and oxygen atoms in total. The van der Waals surface area contributed by atoms with Gasteiger partial charge in [0.15, 0.2) is 5.11 Å². The Balaban J connectivity index is 1.60. The van der Waals surface area contributed by atoms with E-state index in [2.05, 4.69) is 42.2 Å². The fraction of sp³-hybridized carbons (Fsp3) is 0.0833. The van der Waals surface area contributed by atoms with Crippen molar-refractivity contribution in [3.63, 3.8) is 0 Å². The number of aromatic nitrogens is 1. The van der Waals surface area contributed by atoms with E-state index in [0.717, 1.165) is 15.9 Å². The van der Waals surface area contributed by atoms with Crippen molar-refractivity contribution in [2.45, 2.75) is 12.1 Å². The number of rotatable bonds is 4. The third-order valence-electron chi connectivity index (χ3n) is 5.32. The molecule has 8 heteroatoms. The largest absolute Gasteiger partial charge is 0.459 e. The number of furan rings is 1. The van der Waals surface area contributed by atoms with Crippen LogP contribution in [0.5, 0.6) is 0 Å². The summed E-state index contributed by atoms with van der Waals surface area (Å²) in [5.74, 6) is 0.762. The van der Waals surface area contributed by atoms with E-state index in [-0.39, 0.29) is 17.9 Å². The number of thiocarbonyl (C=S) groups is 1. The number of nitrogens with zero attached hydrogens (tertiary/aromatic N) is 2. The average molecular weight is 573 g/mol. The Morgan fingerprint density at radius 3 is 2.47 bits per heavy atom. The second-order valence-electron chi connectivity index (χ2n) is 7.30. The Morgan fingerprint density at radius 2 is 1.75 bits per heavy atom. The maximum Gasteiger partial charge on any atom is 0.174 e. The minimum Gasteiger partial charge on any atom is -0.459 e. The van der Waals surface area contributed by atoms with Gasteiger partial charge in [-0.3, -0.25) is 4.98 Å². The van der Waals surface area contributed by atoms with Crippen LogP contribution in [-0.2, 0) is 0 Å². The van der Waals surface area contributed by atoms with Gasteiger partial charge in [0.25, 0.3) is 0 Å². The zero-order valence-electron chi connectivity index (χ0n) is 16.5. The Labute approximate surface area is 206 Å². The first kappa shape index (κ1) is 21.3. The van der Waals surface area contributed by atoms with Crippen LogP contribution in [0, 0.1) is 5.82 Å². The number of hydrogen-bond acceptors (Lipinski definition) is 3. The standard InChI is InChI=1S/C24H16Br2FN3OS/c25-14-4-7-16(8-5-14)30-23(22(29-24(30)32)19-3-1-2-12-28-19)21-11-10-20(31-21)17-9-6-15(26)13-18(17)27/h1-13,22-23H,(H,29,32)/t22-,23-/m0/s1. The third kappa shape index (κ3) is 3.98. The number of pyridine rings is 1. The van der Waals surface area contributed by atoms with Crippen LogP contribution in [0.1, 0.15) is 23.5 Å². The van der Waals surface area contributed by atoms with Crippen LogP contribution in [0.2, 0.25) is 0 Å². The quantitative estimate of drug-likeness (QED) is 0.262. The molecule has 32 heavy (non-hydrogen) atoms. The Morgan fingerprint density at radius 1 is 0.969 bits per heavy atom. The molecule has 1 aliphatic rings. The zero-order chi connectivity index (χ0) is 22.2. The van der Waals surface area contributed by atoms with E-state index in [1.807, 2.05) is 53.4 Å². The number of hydrogen-bond donors (Lipinski definition) is 1. The van der Waals surface area contributed by atoms with Crippen molar-refractivity contribution in [1.82, 2.24) is 10.3 Å². The predicted octanol–water partition coefficient (Wildman–Crippen LogP) is 7.18. The van der Waals surface area contributed by atoms with Crippen molar-refractivity contribution < 1.29 is 8.81 Å².